The maximum atomic E-state index is 5.40. The third-order valence-corrected chi connectivity index (χ3v) is 3.47. The lowest BCUT2D eigenvalue weighted by Gasteiger charge is -2.32. The van der Waals surface area contributed by atoms with Gasteiger partial charge in [-0.2, -0.15) is 0 Å². The normalized spacial score (nSPS) is 27.4. The van der Waals surface area contributed by atoms with Crippen LogP contribution >= 0.6 is 11.3 Å². The van der Waals surface area contributed by atoms with E-state index in [9.17, 15) is 0 Å². The van der Waals surface area contributed by atoms with Crippen LogP contribution in [0, 0.1) is 0 Å². The molecule has 1 aromatic heterocycles. The Bertz CT molecular complexity index is 323. The summed E-state index contributed by atoms with van der Waals surface area (Å²) in [5.74, 6) is 0. The van der Waals surface area contributed by atoms with Crippen LogP contribution < -0.4 is 0 Å². The standard InChI is InChI=1S/C10H15NO2S/c1-6-12-8(13-6)7-5-11-9(14-7)10(2,3)4/h5-6,8H,1-4H3. The van der Waals surface area contributed by atoms with Gasteiger partial charge in [0.25, 0.3) is 0 Å². The van der Waals surface area contributed by atoms with Crippen molar-refractivity contribution in [2.75, 3.05) is 0 Å². The number of aromatic nitrogens is 1. The lowest BCUT2D eigenvalue weighted by atomic mass is 9.98. The second kappa shape index (κ2) is 3.29. The molecule has 78 valence electrons. The quantitative estimate of drug-likeness (QED) is 0.718. The summed E-state index contributed by atoms with van der Waals surface area (Å²) < 4.78 is 10.8. The monoisotopic (exact) mass is 213 g/mol. The predicted octanol–water partition coefficient (Wildman–Crippen LogP) is 2.83. The summed E-state index contributed by atoms with van der Waals surface area (Å²) >= 11 is 1.66. The summed E-state index contributed by atoms with van der Waals surface area (Å²) in [6.45, 7) is 8.35. The molecule has 0 atom stereocenters. The molecule has 4 heteroatoms. The van der Waals surface area contributed by atoms with Crippen molar-refractivity contribution in [3.63, 3.8) is 0 Å². The maximum absolute atomic E-state index is 5.40. The van der Waals surface area contributed by atoms with Gasteiger partial charge >= 0.3 is 0 Å². The first-order valence-electron chi connectivity index (χ1n) is 4.74. The smallest absolute Gasteiger partial charge is 0.200 e. The van der Waals surface area contributed by atoms with Crippen LogP contribution in [-0.2, 0) is 14.9 Å². The van der Waals surface area contributed by atoms with Gasteiger partial charge in [-0.3, -0.25) is 0 Å². The molecule has 3 nitrogen and oxygen atoms in total. The van der Waals surface area contributed by atoms with Gasteiger partial charge in [0.1, 0.15) is 0 Å². The molecule has 1 aromatic rings. The van der Waals surface area contributed by atoms with Crippen LogP contribution in [0.4, 0.5) is 0 Å². The Balaban J connectivity index is 2.11. The lowest BCUT2D eigenvalue weighted by molar-refractivity contribution is -0.381. The summed E-state index contributed by atoms with van der Waals surface area (Å²) in [4.78, 5) is 5.44. The molecule has 0 aliphatic carbocycles. The zero-order chi connectivity index (χ0) is 10.3. The number of nitrogens with zero attached hydrogens (tertiary/aromatic N) is 1. The highest BCUT2D eigenvalue weighted by Crippen LogP contribution is 2.37. The van der Waals surface area contributed by atoms with Crippen molar-refractivity contribution in [3.8, 4) is 0 Å². The lowest BCUT2D eigenvalue weighted by Crippen LogP contribution is -2.30. The van der Waals surface area contributed by atoms with E-state index >= 15 is 0 Å². The molecule has 14 heavy (non-hydrogen) atoms. The first-order valence-corrected chi connectivity index (χ1v) is 5.55. The van der Waals surface area contributed by atoms with E-state index in [1.54, 1.807) is 11.3 Å². The number of thiazole rings is 1. The van der Waals surface area contributed by atoms with Crippen molar-refractivity contribution in [2.24, 2.45) is 0 Å². The minimum absolute atomic E-state index is 0.0693. The second-order valence-corrected chi connectivity index (χ2v) is 5.55. The van der Waals surface area contributed by atoms with E-state index in [4.69, 9.17) is 9.47 Å². The van der Waals surface area contributed by atoms with E-state index in [1.165, 1.54) is 0 Å². The van der Waals surface area contributed by atoms with Gasteiger partial charge in [0.05, 0.1) is 9.88 Å². The Hall–Kier alpha value is -0.450. The highest BCUT2D eigenvalue weighted by atomic mass is 32.1. The summed E-state index contributed by atoms with van der Waals surface area (Å²) in [5.41, 5.74) is 0.109. The van der Waals surface area contributed by atoms with Crippen LogP contribution in [0.1, 0.15) is 43.9 Å². The summed E-state index contributed by atoms with van der Waals surface area (Å²) in [6.07, 6.45) is 1.60. The Kier molecular flexibility index (Phi) is 2.37. The first kappa shape index (κ1) is 10.1. The van der Waals surface area contributed by atoms with Gasteiger partial charge in [-0.25, -0.2) is 4.98 Å². The summed E-state index contributed by atoms with van der Waals surface area (Å²) in [6, 6.07) is 0. The zero-order valence-corrected chi connectivity index (χ0v) is 9.72. The molecule has 0 amide bonds. The molecule has 0 unspecified atom stereocenters. The van der Waals surface area contributed by atoms with Crippen LogP contribution in [0.25, 0.3) is 0 Å². The van der Waals surface area contributed by atoms with E-state index in [1.807, 2.05) is 13.1 Å². The van der Waals surface area contributed by atoms with Crippen molar-refractivity contribution in [3.05, 3.63) is 16.1 Å². The fraction of sp³-hybridized carbons (Fsp3) is 0.700. The van der Waals surface area contributed by atoms with Crippen LogP contribution in [0.3, 0.4) is 0 Å². The van der Waals surface area contributed by atoms with E-state index in [-0.39, 0.29) is 18.0 Å². The number of hydrogen-bond acceptors (Lipinski definition) is 4. The van der Waals surface area contributed by atoms with Gasteiger partial charge in [0.15, 0.2) is 12.6 Å². The largest absolute Gasteiger partial charge is 0.319 e. The maximum Gasteiger partial charge on any atom is 0.200 e. The van der Waals surface area contributed by atoms with E-state index in [2.05, 4.69) is 25.8 Å². The fourth-order valence-corrected chi connectivity index (χ4v) is 2.18. The Labute approximate surface area is 88.1 Å². The second-order valence-electron chi connectivity index (χ2n) is 4.49. The summed E-state index contributed by atoms with van der Waals surface area (Å²) in [7, 11) is 0. The number of hydrogen-bond donors (Lipinski definition) is 0. The zero-order valence-electron chi connectivity index (χ0n) is 8.90. The van der Waals surface area contributed by atoms with Crippen molar-refractivity contribution >= 4 is 11.3 Å². The van der Waals surface area contributed by atoms with Crippen LogP contribution in [-0.4, -0.2) is 11.3 Å². The third kappa shape index (κ3) is 1.82. The molecule has 2 heterocycles. The van der Waals surface area contributed by atoms with Gasteiger partial charge in [0.2, 0.25) is 0 Å². The third-order valence-electron chi connectivity index (χ3n) is 2.03. The molecule has 0 N–H and O–H groups in total. The molecule has 0 aromatic carbocycles. The number of rotatable bonds is 1. The molecule has 1 aliphatic rings. The van der Waals surface area contributed by atoms with E-state index in [0.717, 1.165) is 9.88 Å². The molecule has 1 aliphatic heterocycles. The molecular weight excluding hydrogens is 198 g/mol. The van der Waals surface area contributed by atoms with Crippen LogP contribution in [0.2, 0.25) is 0 Å². The van der Waals surface area contributed by atoms with Crippen LogP contribution in [0.15, 0.2) is 6.20 Å². The highest BCUT2D eigenvalue weighted by Gasteiger charge is 2.31. The minimum Gasteiger partial charge on any atom is -0.319 e. The highest BCUT2D eigenvalue weighted by molar-refractivity contribution is 7.11. The molecule has 0 radical (unpaired) electrons. The average Bonchev–Trinajstić information content (AvgIpc) is 2.45. The first-order chi connectivity index (χ1) is 6.47. The molecule has 2 rings (SSSR count). The summed E-state index contributed by atoms with van der Waals surface area (Å²) in [5, 5.41) is 1.12. The van der Waals surface area contributed by atoms with Gasteiger partial charge in [-0.1, -0.05) is 20.8 Å². The average molecular weight is 213 g/mol. The Morgan fingerprint density at radius 3 is 2.43 bits per heavy atom. The Morgan fingerprint density at radius 2 is 2.00 bits per heavy atom. The van der Waals surface area contributed by atoms with Gasteiger partial charge in [-0.05, 0) is 6.92 Å². The van der Waals surface area contributed by atoms with Crippen molar-refractivity contribution in [1.82, 2.24) is 4.98 Å². The minimum atomic E-state index is -0.182. The number of ether oxygens (including phenoxy) is 2. The fourth-order valence-electron chi connectivity index (χ4n) is 1.23. The molecule has 0 spiro atoms. The van der Waals surface area contributed by atoms with Crippen LogP contribution in [0.5, 0.6) is 0 Å². The van der Waals surface area contributed by atoms with Gasteiger partial charge in [0, 0.05) is 11.6 Å². The molecule has 0 bridgehead atoms. The molecule has 1 fully saturated rings. The molecular formula is C10H15NO2S. The topological polar surface area (TPSA) is 31.4 Å². The van der Waals surface area contributed by atoms with E-state index in [0.29, 0.717) is 0 Å². The van der Waals surface area contributed by atoms with Gasteiger partial charge < -0.3 is 9.47 Å². The Morgan fingerprint density at radius 1 is 1.36 bits per heavy atom. The van der Waals surface area contributed by atoms with Crippen molar-refractivity contribution < 1.29 is 9.47 Å². The predicted molar refractivity (Wildman–Crippen MR) is 55.2 cm³/mol. The molecule has 0 saturated carbocycles. The van der Waals surface area contributed by atoms with E-state index < -0.39 is 0 Å². The SMILES string of the molecule is CC1OC(c2cnc(C(C)(C)C)s2)O1. The van der Waals surface area contributed by atoms with Crippen molar-refractivity contribution in [2.45, 2.75) is 45.7 Å². The van der Waals surface area contributed by atoms with Gasteiger partial charge in [-0.15, -0.1) is 11.3 Å². The van der Waals surface area contributed by atoms with Crippen molar-refractivity contribution in [1.29, 1.82) is 0 Å². The molecule has 1 saturated heterocycles.